The van der Waals surface area contributed by atoms with Crippen LogP contribution in [-0.4, -0.2) is 37.8 Å². The second-order valence-electron chi connectivity index (χ2n) is 3.05. The highest BCUT2D eigenvalue weighted by molar-refractivity contribution is 7.99. The van der Waals surface area contributed by atoms with Crippen molar-refractivity contribution in [2.45, 2.75) is 32.7 Å². The third-order valence-electron chi connectivity index (χ3n) is 1.92. The third kappa shape index (κ3) is 8.60. The van der Waals surface area contributed by atoms with E-state index < -0.39 is 0 Å². The lowest BCUT2D eigenvalue weighted by molar-refractivity contribution is 0.190. The van der Waals surface area contributed by atoms with Crippen molar-refractivity contribution in [3.8, 4) is 0 Å². The van der Waals surface area contributed by atoms with Gasteiger partial charge in [0.15, 0.2) is 0 Å². The zero-order chi connectivity index (χ0) is 9.94. The maximum atomic E-state index is 5.04. The Morgan fingerprint density at radius 3 is 2.69 bits per heavy atom. The van der Waals surface area contributed by atoms with Crippen molar-refractivity contribution >= 4 is 11.8 Å². The highest BCUT2D eigenvalue weighted by Gasteiger charge is 2.05. The van der Waals surface area contributed by atoms with Crippen molar-refractivity contribution in [2.75, 3.05) is 31.8 Å². The molecule has 0 heterocycles. The second kappa shape index (κ2) is 10.4. The number of hydrogen-bond donors (Lipinski definition) is 1. The van der Waals surface area contributed by atoms with Gasteiger partial charge in [-0.25, -0.2) is 0 Å². The highest BCUT2D eigenvalue weighted by Crippen LogP contribution is 2.06. The van der Waals surface area contributed by atoms with E-state index in [9.17, 15) is 0 Å². The van der Waals surface area contributed by atoms with Crippen LogP contribution < -0.4 is 5.32 Å². The molecular weight excluding hydrogens is 182 g/mol. The fourth-order valence-electron chi connectivity index (χ4n) is 1.27. The Labute approximate surface area is 86.8 Å². The molecular formula is C10H23NOS. The average molecular weight is 205 g/mol. The van der Waals surface area contributed by atoms with Crippen LogP contribution in [0, 0.1) is 0 Å². The van der Waals surface area contributed by atoms with E-state index in [4.69, 9.17) is 4.74 Å². The molecule has 2 nitrogen and oxygen atoms in total. The van der Waals surface area contributed by atoms with Crippen LogP contribution in [-0.2, 0) is 4.74 Å². The van der Waals surface area contributed by atoms with Crippen LogP contribution in [0.5, 0.6) is 0 Å². The Morgan fingerprint density at radius 1 is 1.38 bits per heavy atom. The van der Waals surface area contributed by atoms with E-state index in [1.807, 2.05) is 11.8 Å². The molecule has 0 fully saturated rings. The van der Waals surface area contributed by atoms with Gasteiger partial charge in [0.05, 0.1) is 0 Å². The van der Waals surface area contributed by atoms with Gasteiger partial charge in [-0.05, 0) is 25.1 Å². The zero-order valence-corrected chi connectivity index (χ0v) is 9.95. The van der Waals surface area contributed by atoms with Gasteiger partial charge in [0.25, 0.3) is 0 Å². The maximum absolute atomic E-state index is 5.04. The van der Waals surface area contributed by atoms with Crippen molar-refractivity contribution in [2.24, 2.45) is 0 Å². The van der Waals surface area contributed by atoms with Crippen LogP contribution in [0.1, 0.15) is 26.7 Å². The minimum atomic E-state index is 0.671. The maximum Gasteiger partial charge on any atom is 0.0462 e. The van der Waals surface area contributed by atoms with Crippen LogP contribution in [0.4, 0.5) is 0 Å². The predicted octanol–water partition coefficient (Wildman–Crippen LogP) is 2.14. The molecule has 1 N–H and O–H groups in total. The molecule has 0 aliphatic carbocycles. The minimum absolute atomic E-state index is 0.671. The van der Waals surface area contributed by atoms with Crippen molar-refractivity contribution < 1.29 is 4.74 Å². The monoisotopic (exact) mass is 205 g/mol. The van der Waals surface area contributed by atoms with E-state index in [1.165, 1.54) is 24.3 Å². The quantitative estimate of drug-likeness (QED) is 0.583. The third-order valence-corrected chi connectivity index (χ3v) is 2.96. The van der Waals surface area contributed by atoms with E-state index in [-0.39, 0.29) is 0 Å². The van der Waals surface area contributed by atoms with Crippen molar-refractivity contribution in [3.05, 3.63) is 0 Å². The lowest BCUT2D eigenvalue weighted by Gasteiger charge is -2.16. The minimum Gasteiger partial charge on any atom is -0.385 e. The molecule has 0 rings (SSSR count). The van der Waals surface area contributed by atoms with Crippen LogP contribution in [0.15, 0.2) is 0 Å². The Hall–Kier alpha value is 0.270. The van der Waals surface area contributed by atoms with Gasteiger partial charge in [-0.15, -0.1) is 0 Å². The lowest BCUT2D eigenvalue weighted by Crippen LogP contribution is -2.31. The molecule has 0 aliphatic rings. The van der Waals surface area contributed by atoms with Crippen molar-refractivity contribution in [1.29, 1.82) is 0 Å². The van der Waals surface area contributed by atoms with Gasteiger partial charge in [-0.3, -0.25) is 0 Å². The van der Waals surface area contributed by atoms with Gasteiger partial charge in [-0.1, -0.05) is 13.8 Å². The average Bonchev–Trinajstić information content (AvgIpc) is 2.14. The van der Waals surface area contributed by atoms with Crippen LogP contribution in [0.3, 0.4) is 0 Å². The van der Waals surface area contributed by atoms with Crippen LogP contribution in [0.25, 0.3) is 0 Å². The van der Waals surface area contributed by atoms with Gasteiger partial charge in [-0.2, -0.15) is 11.8 Å². The summed E-state index contributed by atoms with van der Waals surface area (Å²) in [6.07, 6.45) is 2.40. The fourth-order valence-corrected chi connectivity index (χ4v) is 2.07. The molecule has 80 valence electrons. The first-order valence-corrected chi connectivity index (χ1v) is 6.30. The highest BCUT2D eigenvalue weighted by atomic mass is 32.2. The zero-order valence-electron chi connectivity index (χ0n) is 9.14. The first-order valence-electron chi connectivity index (χ1n) is 5.15. The molecule has 0 aromatic heterocycles. The Kier molecular flexibility index (Phi) is 10.6. The van der Waals surface area contributed by atoms with Gasteiger partial charge in [0.1, 0.15) is 0 Å². The molecule has 0 aromatic rings. The van der Waals surface area contributed by atoms with Crippen LogP contribution >= 0.6 is 11.8 Å². The number of methoxy groups -OCH3 is 1. The Morgan fingerprint density at radius 2 is 2.15 bits per heavy atom. The summed E-state index contributed by atoms with van der Waals surface area (Å²) in [5.41, 5.74) is 0. The van der Waals surface area contributed by atoms with E-state index in [2.05, 4.69) is 19.2 Å². The first-order chi connectivity index (χ1) is 6.35. The van der Waals surface area contributed by atoms with E-state index in [0.29, 0.717) is 6.04 Å². The Balaban J connectivity index is 3.41. The number of hydrogen-bond acceptors (Lipinski definition) is 3. The molecule has 1 unspecified atom stereocenters. The lowest BCUT2D eigenvalue weighted by atomic mass is 10.2. The topological polar surface area (TPSA) is 21.3 Å². The summed E-state index contributed by atoms with van der Waals surface area (Å²) in [6, 6.07) is 0.671. The number of nitrogens with one attached hydrogen (secondary N) is 1. The summed E-state index contributed by atoms with van der Waals surface area (Å²) in [5, 5.41) is 3.50. The number of thioether (sulfide) groups is 1. The fraction of sp³-hybridized carbons (Fsp3) is 1.00. The molecule has 13 heavy (non-hydrogen) atoms. The molecule has 0 saturated heterocycles. The first kappa shape index (κ1) is 13.3. The largest absolute Gasteiger partial charge is 0.385 e. The van der Waals surface area contributed by atoms with E-state index >= 15 is 0 Å². The molecule has 1 atom stereocenters. The van der Waals surface area contributed by atoms with Gasteiger partial charge in [0.2, 0.25) is 0 Å². The molecule has 0 aliphatic heterocycles. The molecule has 3 heteroatoms. The van der Waals surface area contributed by atoms with E-state index in [0.717, 1.165) is 13.2 Å². The van der Waals surface area contributed by atoms with Gasteiger partial charge >= 0.3 is 0 Å². The molecule has 0 aromatic carbocycles. The normalized spacial score (nSPS) is 13.2. The summed E-state index contributed by atoms with van der Waals surface area (Å²) in [7, 11) is 1.77. The summed E-state index contributed by atoms with van der Waals surface area (Å²) >= 11 is 2.01. The van der Waals surface area contributed by atoms with Gasteiger partial charge in [0, 0.05) is 25.5 Å². The SMILES string of the molecule is CCNC(CCCOC)CSCC. The molecule has 0 radical (unpaired) electrons. The Bertz CT molecular complexity index is 101. The second-order valence-corrected chi connectivity index (χ2v) is 4.37. The van der Waals surface area contributed by atoms with Gasteiger partial charge < -0.3 is 10.1 Å². The summed E-state index contributed by atoms with van der Waals surface area (Å²) < 4.78 is 5.04. The number of rotatable bonds is 9. The van der Waals surface area contributed by atoms with Crippen LogP contribution in [0.2, 0.25) is 0 Å². The summed E-state index contributed by atoms with van der Waals surface area (Å²) in [5.74, 6) is 2.44. The number of ether oxygens (including phenoxy) is 1. The molecule has 0 bridgehead atoms. The smallest absolute Gasteiger partial charge is 0.0462 e. The standard InChI is InChI=1S/C10H23NOS/c1-4-11-10(9-13-5-2)7-6-8-12-3/h10-11H,4-9H2,1-3H3. The summed E-state index contributed by atoms with van der Waals surface area (Å²) in [4.78, 5) is 0. The molecule has 0 amide bonds. The van der Waals surface area contributed by atoms with Crippen molar-refractivity contribution in [1.82, 2.24) is 5.32 Å². The predicted molar refractivity (Wildman–Crippen MR) is 61.6 cm³/mol. The van der Waals surface area contributed by atoms with Crippen molar-refractivity contribution in [3.63, 3.8) is 0 Å². The molecule has 0 saturated carbocycles. The van der Waals surface area contributed by atoms with E-state index in [1.54, 1.807) is 7.11 Å². The summed E-state index contributed by atoms with van der Waals surface area (Å²) in [6.45, 7) is 6.34. The molecule has 0 spiro atoms.